The first-order chi connectivity index (χ1) is 26.6. The van der Waals surface area contributed by atoms with Gasteiger partial charge in [0.2, 0.25) is 0 Å². The van der Waals surface area contributed by atoms with Gasteiger partial charge in [-0.25, -0.2) is 4.98 Å². The van der Waals surface area contributed by atoms with E-state index in [1.165, 1.54) is 21.5 Å². The van der Waals surface area contributed by atoms with Gasteiger partial charge in [0, 0.05) is 17.3 Å². The molecule has 0 fully saturated rings. The molecule has 0 N–H and O–H groups in total. The summed E-state index contributed by atoms with van der Waals surface area (Å²) in [6, 6.07) is 61.5. The van der Waals surface area contributed by atoms with Crippen LogP contribution in [0, 0.1) is 11.3 Å². The topological polar surface area (TPSA) is 49.6 Å². The zero-order valence-corrected chi connectivity index (χ0v) is 29.3. The first kappa shape index (κ1) is 31.3. The van der Waals surface area contributed by atoms with Crippen molar-refractivity contribution >= 4 is 27.1 Å². The maximum atomic E-state index is 9.71. The molecule has 0 aliphatic heterocycles. The molecule has 3 heteroatoms. The van der Waals surface area contributed by atoms with Crippen molar-refractivity contribution in [3.05, 3.63) is 199 Å². The first-order valence-electron chi connectivity index (χ1n) is 18.1. The van der Waals surface area contributed by atoms with Crippen molar-refractivity contribution in [2.75, 3.05) is 0 Å². The summed E-state index contributed by atoms with van der Waals surface area (Å²) in [6.07, 6.45) is 1.87. The predicted octanol–water partition coefficient (Wildman–Crippen LogP) is 13.0. The summed E-state index contributed by atoms with van der Waals surface area (Å²) in [5.74, 6) is 0. The molecule has 0 radical (unpaired) electrons. The van der Waals surface area contributed by atoms with E-state index in [2.05, 4.69) is 152 Å². The molecule has 0 unspecified atom stereocenters. The Kier molecular flexibility index (Phi) is 7.35. The van der Waals surface area contributed by atoms with Crippen LogP contribution >= 0.6 is 0 Å². The fourth-order valence-corrected chi connectivity index (χ4v) is 7.96. The van der Waals surface area contributed by atoms with E-state index in [0.717, 1.165) is 83.9 Å². The van der Waals surface area contributed by atoms with Gasteiger partial charge >= 0.3 is 0 Å². The number of hydrogen-bond acceptors (Lipinski definition) is 3. The van der Waals surface area contributed by atoms with Crippen LogP contribution in [0.5, 0.6) is 0 Å². The highest BCUT2D eigenvalue weighted by atomic mass is 14.8. The summed E-state index contributed by atoms with van der Waals surface area (Å²) in [4.78, 5) is 10.3. The highest BCUT2D eigenvalue weighted by Crippen LogP contribution is 2.49. The lowest BCUT2D eigenvalue weighted by Crippen LogP contribution is -1.96. The summed E-state index contributed by atoms with van der Waals surface area (Å²) in [7, 11) is 0. The van der Waals surface area contributed by atoms with E-state index in [1.54, 1.807) is 0 Å². The minimum absolute atomic E-state index is 0.653. The third kappa shape index (κ3) is 5.20. The van der Waals surface area contributed by atoms with Gasteiger partial charge in [0.15, 0.2) is 0 Å². The van der Waals surface area contributed by atoms with Gasteiger partial charge in [-0.15, -0.1) is 0 Å². The molecule has 10 rings (SSSR count). The summed E-state index contributed by atoms with van der Waals surface area (Å²) < 4.78 is 0. The average molecular weight is 686 g/mol. The van der Waals surface area contributed by atoms with Crippen molar-refractivity contribution in [1.82, 2.24) is 9.97 Å². The largest absolute Gasteiger partial charge is 0.254 e. The van der Waals surface area contributed by atoms with Crippen LogP contribution in [0.1, 0.15) is 16.7 Å². The van der Waals surface area contributed by atoms with Crippen molar-refractivity contribution in [1.29, 1.82) is 5.26 Å². The Balaban J connectivity index is 1.11. The smallest absolute Gasteiger partial charge is 0.0998 e. The molecule has 2 aromatic heterocycles. The molecule has 0 amide bonds. The highest BCUT2D eigenvalue weighted by molar-refractivity contribution is 6.09. The fraction of sp³-hybridized carbons (Fsp3) is 0. The lowest BCUT2D eigenvalue weighted by molar-refractivity contribution is 1.25. The van der Waals surface area contributed by atoms with Gasteiger partial charge in [0.25, 0.3) is 0 Å². The predicted molar refractivity (Wildman–Crippen MR) is 223 cm³/mol. The molecule has 250 valence electrons. The molecule has 0 spiro atoms. The summed E-state index contributed by atoms with van der Waals surface area (Å²) in [5.41, 5.74) is 15.8. The number of benzene rings is 7. The number of pyridine rings is 2. The molecule has 0 saturated heterocycles. The molecule has 0 atom stereocenters. The fourth-order valence-electron chi connectivity index (χ4n) is 7.96. The van der Waals surface area contributed by atoms with E-state index in [-0.39, 0.29) is 0 Å². The molecule has 0 bridgehead atoms. The Hall–Kier alpha value is -7.41. The summed E-state index contributed by atoms with van der Waals surface area (Å²) in [5, 5.41) is 14.7. The van der Waals surface area contributed by atoms with Crippen molar-refractivity contribution in [2.24, 2.45) is 0 Å². The number of fused-ring (bicyclic) bond motifs is 6. The lowest BCUT2D eigenvalue weighted by atomic mass is 9.94. The van der Waals surface area contributed by atoms with E-state index in [9.17, 15) is 5.26 Å². The van der Waals surface area contributed by atoms with Crippen molar-refractivity contribution in [3.63, 3.8) is 0 Å². The molecular formula is C51H31N3. The van der Waals surface area contributed by atoms with Gasteiger partial charge in [-0.3, -0.25) is 4.98 Å². The maximum absolute atomic E-state index is 9.71. The van der Waals surface area contributed by atoms with Gasteiger partial charge in [-0.1, -0.05) is 140 Å². The van der Waals surface area contributed by atoms with E-state index in [4.69, 9.17) is 9.97 Å². The second kappa shape index (κ2) is 12.7. The maximum Gasteiger partial charge on any atom is 0.0998 e. The van der Waals surface area contributed by atoms with Crippen LogP contribution in [0.15, 0.2) is 183 Å². The zero-order chi connectivity index (χ0) is 36.2. The molecular weight excluding hydrogens is 655 g/mol. The summed E-state index contributed by atoms with van der Waals surface area (Å²) in [6.45, 7) is 4.55. The minimum Gasteiger partial charge on any atom is -0.254 e. The van der Waals surface area contributed by atoms with Gasteiger partial charge < -0.3 is 0 Å². The number of aromatic nitrogens is 2. The van der Waals surface area contributed by atoms with Gasteiger partial charge in [0.1, 0.15) is 0 Å². The molecule has 2 heterocycles. The van der Waals surface area contributed by atoms with Crippen LogP contribution < -0.4 is 0 Å². The van der Waals surface area contributed by atoms with Gasteiger partial charge in [0.05, 0.1) is 28.7 Å². The van der Waals surface area contributed by atoms with Gasteiger partial charge in [-0.05, 0) is 114 Å². The highest BCUT2D eigenvalue weighted by Gasteiger charge is 2.27. The Morgan fingerprint density at radius 2 is 1.13 bits per heavy atom. The molecule has 0 saturated carbocycles. The third-order valence-corrected chi connectivity index (χ3v) is 10.7. The van der Waals surface area contributed by atoms with E-state index < -0.39 is 0 Å². The Labute approximate surface area is 313 Å². The third-order valence-electron chi connectivity index (χ3n) is 10.7. The quantitative estimate of drug-likeness (QED) is 0.169. The van der Waals surface area contributed by atoms with Crippen LogP contribution in [0.25, 0.3) is 94.3 Å². The minimum atomic E-state index is 0.653. The second-order valence-electron chi connectivity index (χ2n) is 13.8. The number of rotatable bonds is 5. The van der Waals surface area contributed by atoms with Crippen LogP contribution in [-0.2, 0) is 0 Å². The number of nitrogens with zero attached hydrogens (tertiary/aromatic N) is 3. The van der Waals surface area contributed by atoms with E-state index in [1.807, 2.05) is 36.5 Å². The molecule has 9 aromatic rings. The van der Waals surface area contributed by atoms with Crippen LogP contribution in [0.2, 0.25) is 0 Å². The van der Waals surface area contributed by atoms with Crippen molar-refractivity contribution < 1.29 is 0 Å². The molecule has 1 aliphatic carbocycles. The SMILES string of the molecule is C=C1c2ccc(-c3ccc4c(ccc5ccccc54)c3)cc2-c2c1ccnc2-c1cc(-c2ccccc2)cc(-c2ccc(-c3ccccc3C#N)cc2)n1. The Morgan fingerprint density at radius 1 is 0.444 bits per heavy atom. The van der Waals surface area contributed by atoms with Crippen LogP contribution in [0.3, 0.4) is 0 Å². The van der Waals surface area contributed by atoms with Crippen LogP contribution in [-0.4, -0.2) is 9.97 Å². The monoisotopic (exact) mass is 685 g/mol. The average Bonchev–Trinajstić information content (AvgIpc) is 3.54. The van der Waals surface area contributed by atoms with Crippen molar-refractivity contribution in [2.45, 2.75) is 0 Å². The zero-order valence-electron chi connectivity index (χ0n) is 29.3. The lowest BCUT2D eigenvalue weighted by Gasteiger charge is -2.14. The Bertz CT molecular complexity index is 3010. The second-order valence-corrected chi connectivity index (χ2v) is 13.8. The Morgan fingerprint density at radius 3 is 2.00 bits per heavy atom. The van der Waals surface area contributed by atoms with Crippen molar-refractivity contribution in [3.8, 4) is 73.2 Å². The number of nitriles is 1. The van der Waals surface area contributed by atoms with Gasteiger partial charge in [-0.2, -0.15) is 5.26 Å². The molecule has 3 nitrogen and oxygen atoms in total. The number of hydrogen-bond donors (Lipinski definition) is 0. The van der Waals surface area contributed by atoms with E-state index in [0.29, 0.717) is 5.56 Å². The molecule has 1 aliphatic rings. The normalized spacial score (nSPS) is 11.7. The summed E-state index contributed by atoms with van der Waals surface area (Å²) >= 11 is 0. The van der Waals surface area contributed by atoms with Crippen LogP contribution in [0.4, 0.5) is 0 Å². The first-order valence-corrected chi connectivity index (χ1v) is 18.1. The van der Waals surface area contributed by atoms with E-state index >= 15 is 0 Å². The molecule has 7 aromatic carbocycles. The standard InChI is InChI=1S/C51H31N3/c1-32-42-23-21-38(37-22-24-46-39(27-37)20-17-34-11-5-8-14-45(34)46)28-47(42)50-43(32)25-26-53-51(50)49-30-41(33-9-3-2-4-10-33)29-48(54-49)36-18-15-35(16-19-36)44-13-7-6-12-40(44)31-52/h2-30H,1H2. The molecule has 54 heavy (non-hydrogen) atoms.